The molecule has 0 spiro atoms. The van der Waals surface area contributed by atoms with Crippen LogP contribution in [0.15, 0.2) is 46.5 Å². The standard InChI is InChI=1S/C18H15F6N3O2S/c1-2-30-16-25-14-13(7-8-26(14)9-17(19,20)21)15(28)27(16)11-3-5-12(6-4-11)29-10-18(22,23)24/h3-8H,2,9-10H2,1H3. The number of halogens is 6. The zero-order valence-corrected chi connectivity index (χ0v) is 16.2. The Balaban J connectivity index is 2.04. The lowest BCUT2D eigenvalue weighted by molar-refractivity contribution is -0.153. The predicted octanol–water partition coefficient (Wildman–Crippen LogP) is 4.80. The minimum absolute atomic E-state index is 0.00268. The number of hydrogen-bond acceptors (Lipinski definition) is 4. The quantitative estimate of drug-likeness (QED) is 0.307. The van der Waals surface area contributed by atoms with Crippen LogP contribution in [0.25, 0.3) is 16.7 Å². The Morgan fingerprint density at radius 2 is 1.70 bits per heavy atom. The van der Waals surface area contributed by atoms with Crippen LogP contribution in [0.4, 0.5) is 26.3 Å². The van der Waals surface area contributed by atoms with Crippen LogP contribution in [0.5, 0.6) is 5.75 Å². The molecule has 0 fully saturated rings. The molecule has 12 heteroatoms. The second kappa shape index (κ2) is 8.25. The molecule has 162 valence electrons. The van der Waals surface area contributed by atoms with Crippen LogP contribution >= 0.6 is 11.8 Å². The van der Waals surface area contributed by atoms with Gasteiger partial charge in [-0.15, -0.1) is 0 Å². The molecule has 2 heterocycles. The van der Waals surface area contributed by atoms with Gasteiger partial charge in [-0.25, -0.2) is 4.98 Å². The van der Waals surface area contributed by atoms with Crippen molar-refractivity contribution in [2.45, 2.75) is 31.0 Å². The maximum absolute atomic E-state index is 13.0. The maximum Gasteiger partial charge on any atom is 0.422 e. The van der Waals surface area contributed by atoms with Gasteiger partial charge in [0.2, 0.25) is 0 Å². The molecular formula is C18H15F6N3O2S. The number of aromatic nitrogens is 3. The fourth-order valence-electron chi connectivity index (χ4n) is 2.73. The fraction of sp³-hybridized carbons (Fsp3) is 0.333. The van der Waals surface area contributed by atoms with Gasteiger partial charge in [0.1, 0.15) is 17.9 Å². The number of nitrogens with zero attached hydrogens (tertiary/aromatic N) is 3. The fourth-order valence-corrected chi connectivity index (χ4v) is 3.46. The summed E-state index contributed by atoms with van der Waals surface area (Å²) in [5.74, 6) is 0.448. The zero-order chi connectivity index (χ0) is 22.1. The molecule has 1 aromatic carbocycles. The summed E-state index contributed by atoms with van der Waals surface area (Å²) in [5, 5.41) is 0.165. The molecule has 0 aliphatic rings. The van der Waals surface area contributed by atoms with E-state index in [1.165, 1.54) is 34.9 Å². The van der Waals surface area contributed by atoms with Crippen molar-refractivity contribution in [3.05, 3.63) is 46.9 Å². The van der Waals surface area contributed by atoms with Gasteiger partial charge >= 0.3 is 12.4 Å². The Morgan fingerprint density at radius 3 is 2.27 bits per heavy atom. The highest BCUT2D eigenvalue weighted by Crippen LogP contribution is 2.26. The van der Waals surface area contributed by atoms with Crippen LogP contribution in [0, 0.1) is 0 Å². The highest BCUT2D eigenvalue weighted by molar-refractivity contribution is 7.99. The predicted molar refractivity (Wildman–Crippen MR) is 99.3 cm³/mol. The first-order valence-corrected chi connectivity index (χ1v) is 9.58. The Morgan fingerprint density at radius 1 is 1.03 bits per heavy atom. The third-order valence-electron chi connectivity index (χ3n) is 3.88. The van der Waals surface area contributed by atoms with E-state index in [9.17, 15) is 31.1 Å². The Bertz CT molecular complexity index is 1090. The van der Waals surface area contributed by atoms with Crippen LogP contribution in [-0.4, -0.2) is 38.8 Å². The van der Waals surface area contributed by atoms with Crippen molar-refractivity contribution in [1.82, 2.24) is 14.1 Å². The second-order valence-corrected chi connectivity index (χ2v) is 7.39. The summed E-state index contributed by atoms with van der Waals surface area (Å²) >= 11 is 1.15. The Kier molecular flexibility index (Phi) is 6.06. The summed E-state index contributed by atoms with van der Waals surface area (Å²) in [4.78, 5) is 17.2. The molecule has 0 saturated heterocycles. The first kappa shape index (κ1) is 22.1. The molecule has 0 bridgehead atoms. The summed E-state index contributed by atoms with van der Waals surface area (Å²) in [7, 11) is 0. The molecule has 0 aliphatic heterocycles. The number of ether oxygens (including phenoxy) is 1. The van der Waals surface area contributed by atoms with E-state index in [1.807, 2.05) is 0 Å². The topological polar surface area (TPSA) is 49.0 Å². The van der Waals surface area contributed by atoms with Gasteiger partial charge < -0.3 is 9.30 Å². The SMILES string of the molecule is CCSc1nc2c(ccn2CC(F)(F)F)c(=O)n1-c1ccc(OCC(F)(F)F)cc1. The van der Waals surface area contributed by atoms with Gasteiger partial charge in [0.25, 0.3) is 5.56 Å². The van der Waals surface area contributed by atoms with E-state index in [0.717, 1.165) is 22.5 Å². The molecule has 30 heavy (non-hydrogen) atoms. The molecule has 0 amide bonds. The third kappa shape index (κ3) is 5.10. The van der Waals surface area contributed by atoms with Crippen molar-refractivity contribution < 1.29 is 31.1 Å². The second-order valence-electron chi connectivity index (χ2n) is 6.16. The lowest BCUT2D eigenvalue weighted by Gasteiger charge is -2.14. The van der Waals surface area contributed by atoms with Crippen LogP contribution in [0.3, 0.4) is 0 Å². The number of thioether (sulfide) groups is 1. The summed E-state index contributed by atoms with van der Waals surface area (Å²) in [6.45, 7) is -0.952. The van der Waals surface area contributed by atoms with E-state index in [0.29, 0.717) is 11.4 Å². The first-order chi connectivity index (χ1) is 14.0. The van der Waals surface area contributed by atoms with E-state index in [1.54, 1.807) is 6.92 Å². The van der Waals surface area contributed by atoms with Gasteiger partial charge in [-0.05, 0) is 36.1 Å². The number of fused-ring (bicyclic) bond motifs is 1. The maximum atomic E-state index is 13.0. The van der Waals surface area contributed by atoms with E-state index < -0.39 is 31.1 Å². The third-order valence-corrected chi connectivity index (χ3v) is 4.70. The highest BCUT2D eigenvalue weighted by Gasteiger charge is 2.30. The van der Waals surface area contributed by atoms with Crippen molar-refractivity contribution in [2.75, 3.05) is 12.4 Å². The molecule has 3 aromatic rings. The van der Waals surface area contributed by atoms with E-state index in [4.69, 9.17) is 0 Å². The van der Waals surface area contributed by atoms with E-state index in [2.05, 4.69) is 9.72 Å². The molecule has 0 atom stereocenters. The van der Waals surface area contributed by atoms with Gasteiger partial charge in [-0.3, -0.25) is 9.36 Å². The number of benzene rings is 1. The minimum Gasteiger partial charge on any atom is -0.484 e. The Hall–Kier alpha value is -2.63. The van der Waals surface area contributed by atoms with Crippen LogP contribution < -0.4 is 10.3 Å². The van der Waals surface area contributed by atoms with Gasteiger partial charge in [0.05, 0.1) is 11.1 Å². The molecule has 0 aliphatic carbocycles. The molecular weight excluding hydrogens is 436 g/mol. The van der Waals surface area contributed by atoms with Gasteiger partial charge in [0.15, 0.2) is 11.8 Å². The molecule has 0 unspecified atom stereocenters. The summed E-state index contributed by atoms with van der Waals surface area (Å²) in [6, 6.07) is 6.56. The summed E-state index contributed by atoms with van der Waals surface area (Å²) in [5.41, 5.74) is -0.372. The lowest BCUT2D eigenvalue weighted by Crippen LogP contribution is -2.23. The van der Waals surface area contributed by atoms with Crippen molar-refractivity contribution in [3.63, 3.8) is 0 Å². The minimum atomic E-state index is -4.49. The average Bonchev–Trinajstić information content (AvgIpc) is 3.02. The molecule has 0 saturated carbocycles. The molecule has 3 rings (SSSR count). The zero-order valence-electron chi connectivity index (χ0n) is 15.4. The van der Waals surface area contributed by atoms with Crippen molar-refractivity contribution in [1.29, 1.82) is 0 Å². The van der Waals surface area contributed by atoms with Crippen LogP contribution in [0.1, 0.15) is 6.92 Å². The van der Waals surface area contributed by atoms with Crippen molar-refractivity contribution in [2.24, 2.45) is 0 Å². The van der Waals surface area contributed by atoms with Crippen LogP contribution in [0.2, 0.25) is 0 Å². The van der Waals surface area contributed by atoms with E-state index in [-0.39, 0.29) is 21.9 Å². The van der Waals surface area contributed by atoms with Gasteiger partial charge in [-0.2, -0.15) is 26.3 Å². The van der Waals surface area contributed by atoms with Gasteiger partial charge in [0, 0.05) is 6.20 Å². The molecule has 0 radical (unpaired) electrons. The number of rotatable bonds is 6. The number of alkyl halides is 6. The Labute approximate surface area is 170 Å². The largest absolute Gasteiger partial charge is 0.484 e. The summed E-state index contributed by atoms with van der Waals surface area (Å²) < 4.78 is 81.9. The van der Waals surface area contributed by atoms with Crippen molar-refractivity contribution in [3.8, 4) is 11.4 Å². The summed E-state index contributed by atoms with van der Waals surface area (Å²) in [6.07, 6.45) is -7.82. The molecule has 0 N–H and O–H groups in total. The first-order valence-electron chi connectivity index (χ1n) is 8.60. The number of hydrogen-bond donors (Lipinski definition) is 0. The van der Waals surface area contributed by atoms with Crippen LogP contribution in [-0.2, 0) is 6.54 Å². The van der Waals surface area contributed by atoms with E-state index >= 15 is 0 Å². The highest BCUT2D eigenvalue weighted by atomic mass is 32.2. The monoisotopic (exact) mass is 451 g/mol. The smallest absolute Gasteiger partial charge is 0.422 e. The molecule has 5 nitrogen and oxygen atoms in total. The lowest BCUT2D eigenvalue weighted by atomic mass is 10.3. The van der Waals surface area contributed by atoms with Gasteiger partial charge in [-0.1, -0.05) is 18.7 Å². The average molecular weight is 451 g/mol. The molecule has 2 aromatic heterocycles. The normalized spacial score (nSPS) is 12.5. The van der Waals surface area contributed by atoms with Crippen molar-refractivity contribution >= 4 is 22.8 Å².